The normalized spacial score (nSPS) is 14.0. The zero-order chi connectivity index (χ0) is 39.9. The highest BCUT2D eigenvalue weighted by atomic mass is 16.5. The van der Waals surface area contributed by atoms with Crippen LogP contribution in [0.2, 0.25) is 0 Å². The fourth-order valence-corrected chi connectivity index (χ4v) is 8.69. The van der Waals surface area contributed by atoms with E-state index in [2.05, 4.69) is 25.7 Å². The molecule has 0 amide bonds. The third-order valence-corrected chi connectivity index (χ3v) is 12.4. The Bertz CT molecular complexity index is 827. The van der Waals surface area contributed by atoms with Crippen LogP contribution in [0.15, 0.2) is 0 Å². The minimum Gasteiger partial charge on any atom is -0.466 e. The van der Waals surface area contributed by atoms with Crippen molar-refractivity contribution >= 4 is 11.9 Å². The molecule has 0 saturated heterocycles. The lowest BCUT2D eigenvalue weighted by atomic mass is 9.80. The Morgan fingerprint density at radius 1 is 0.545 bits per heavy atom. The number of aliphatic hydroxyl groups excluding tert-OH is 1. The monoisotopic (exact) mass is 778 g/mol. The van der Waals surface area contributed by atoms with Crippen LogP contribution in [0.4, 0.5) is 0 Å². The first-order valence-corrected chi connectivity index (χ1v) is 24.7. The van der Waals surface area contributed by atoms with Crippen LogP contribution in [0.5, 0.6) is 0 Å². The van der Waals surface area contributed by atoms with Crippen LogP contribution < -0.4 is 0 Å². The molecule has 0 radical (unpaired) electrons. The maximum Gasteiger partial charge on any atom is 0.312 e. The number of esters is 2. The lowest BCUT2D eigenvalue weighted by molar-refractivity contribution is -0.163. The number of carbonyl (C=O) groups excluding carboxylic acids is 2. The van der Waals surface area contributed by atoms with Gasteiger partial charge in [-0.25, -0.2) is 0 Å². The number of aliphatic hydroxyl groups is 1. The van der Waals surface area contributed by atoms with E-state index in [9.17, 15) is 14.7 Å². The molecule has 0 aliphatic heterocycles. The molecule has 6 nitrogen and oxygen atoms in total. The van der Waals surface area contributed by atoms with Crippen molar-refractivity contribution in [2.75, 3.05) is 32.8 Å². The van der Waals surface area contributed by atoms with Gasteiger partial charge in [0.05, 0.1) is 12.0 Å². The number of ether oxygens (including phenoxy) is 2. The van der Waals surface area contributed by atoms with Gasteiger partial charge in [-0.05, 0) is 90.1 Å². The van der Waals surface area contributed by atoms with Gasteiger partial charge in [0.1, 0.15) is 6.10 Å². The van der Waals surface area contributed by atoms with Crippen LogP contribution in [-0.2, 0) is 19.1 Å². The number of hydrogen-bond donors (Lipinski definition) is 1. The van der Waals surface area contributed by atoms with Gasteiger partial charge in [-0.1, -0.05) is 175 Å². The summed E-state index contributed by atoms with van der Waals surface area (Å²) in [6.45, 7) is 10.8. The number of hydrogen-bond acceptors (Lipinski definition) is 6. The van der Waals surface area contributed by atoms with Crippen LogP contribution >= 0.6 is 0 Å². The van der Waals surface area contributed by atoms with Crippen LogP contribution in [0.25, 0.3) is 0 Å². The van der Waals surface area contributed by atoms with Gasteiger partial charge in [0, 0.05) is 19.6 Å². The summed E-state index contributed by atoms with van der Waals surface area (Å²) < 4.78 is 11.9. The second-order valence-corrected chi connectivity index (χ2v) is 17.6. The highest BCUT2D eigenvalue weighted by Crippen LogP contribution is 2.44. The lowest BCUT2D eigenvalue weighted by Gasteiger charge is -2.30. The number of unbranched alkanes of at least 4 members (excludes halogenated alkanes) is 23. The summed E-state index contributed by atoms with van der Waals surface area (Å²) in [5.41, 5.74) is -0.234. The highest BCUT2D eigenvalue weighted by molar-refractivity contribution is 5.77. The van der Waals surface area contributed by atoms with Crippen molar-refractivity contribution in [3.8, 4) is 0 Å². The summed E-state index contributed by atoms with van der Waals surface area (Å²) in [6.07, 6.45) is 43.4. The van der Waals surface area contributed by atoms with Crippen LogP contribution in [0.3, 0.4) is 0 Å². The average Bonchev–Trinajstić information content (AvgIpc) is 3.68. The molecule has 0 bridgehead atoms. The van der Waals surface area contributed by atoms with E-state index in [0.717, 1.165) is 90.3 Å². The Balaban J connectivity index is 2.32. The minimum atomic E-state index is -0.234. The molecule has 1 rings (SSSR count). The largest absolute Gasteiger partial charge is 0.466 e. The van der Waals surface area contributed by atoms with Gasteiger partial charge < -0.3 is 19.5 Å². The van der Waals surface area contributed by atoms with Gasteiger partial charge in [0.25, 0.3) is 0 Å². The fraction of sp³-hybridized carbons (Fsp3) is 0.959. The molecule has 0 spiro atoms. The second kappa shape index (κ2) is 38.4. The molecule has 326 valence electrons. The first-order valence-electron chi connectivity index (χ1n) is 24.7. The van der Waals surface area contributed by atoms with Crippen molar-refractivity contribution in [3.63, 3.8) is 0 Å². The topological polar surface area (TPSA) is 76.1 Å². The first-order chi connectivity index (χ1) is 27.0. The number of carbonyl (C=O) groups is 2. The lowest BCUT2D eigenvalue weighted by Crippen LogP contribution is -2.33. The summed E-state index contributed by atoms with van der Waals surface area (Å²) in [4.78, 5) is 28.4. The Hall–Kier alpha value is -1.14. The van der Waals surface area contributed by atoms with Gasteiger partial charge in [0.15, 0.2) is 0 Å². The zero-order valence-electron chi connectivity index (χ0n) is 37.3. The van der Waals surface area contributed by atoms with Crippen molar-refractivity contribution in [1.82, 2.24) is 4.90 Å². The van der Waals surface area contributed by atoms with E-state index >= 15 is 0 Å². The van der Waals surface area contributed by atoms with E-state index in [1.54, 1.807) is 0 Å². The molecule has 0 atom stereocenters. The summed E-state index contributed by atoms with van der Waals surface area (Å²) in [5.74, 6) is 0.122. The third-order valence-electron chi connectivity index (χ3n) is 12.4. The molecular formula is C49H95NO5. The van der Waals surface area contributed by atoms with Gasteiger partial charge in [-0.2, -0.15) is 0 Å². The van der Waals surface area contributed by atoms with E-state index in [4.69, 9.17) is 9.47 Å². The number of rotatable bonds is 42. The summed E-state index contributed by atoms with van der Waals surface area (Å²) in [5, 5.41) is 9.48. The molecule has 0 heterocycles. The molecule has 55 heavy (non-hydrogen) atoms. The van der Waals surface area contributed by atoms with Crippen molar-refractivity contribution in [2.45, 2.75) is 264 Å². The fourth-order valence-electron chi connectivity index (χ4n) is 8.69. The Morgan fingerprint density at radius 3 is 1.51 bits per heavy atom. The van der Waals surface area contributed by atoms with Crippen molar-refractivity contribution < 1.29 is 24.2 Å². The minimum absolute atomic E-state index is 0.0186. The SMILES string of the molecule is CCCCCCCCCC(=O)OCCCCCCCN(CCCO)CCCCCCC1(C(=O)OC(CCCCCCCC)CCCCCCCC)CCCC1. The highest BCUT2D eigenvalue weighted by Gasteiger charge is 2.42. The van der Waals surface area contributed by atoms with Crippen molar-refractivity contribution in [1.29, 1.82) is 0 Å². The van der Waals surface area contributed by atoms with Crippen LogP contribution in [0.1, 0.15) is 258 Å². The van der Waals surface area contributed by atoms with Crippen LogP contribution in [0, 0.1) is 5.41 Å². The van der Waals surface area contributed by atoms with Crippen molar-refractivity contribution in [3.05, 3.63) is 0 Å². The van der Waals surface area contributed by atoms with Gasteiger partial charge >= 0.3 is 11.9 Å². The molecule has 0 aromatic carbocycles. The smallest absolute Gasteiger partial charge is 0.312 e. The molecule has 0 aromatic heterocycles. The zero-order valence-corrected chi connectivity index (χ0v) is 37.3. The van der Waals surface area contributed by atoms with Gasteiger partial charge in [-0.15, -0.1) is 0 Å². The molecule has 1 fully saturated rings. The van der Waals surface area contributed by atoms with E-state index in [0.29, 0.717) is 13.0 Å². The summed E-state index contributed by atoms with van der Waals surface area (Å²) >= 11 is 0. The van der Waals surface area contributed by atoms with Gasteiger partial charge in [0.2, 0.25) is 0 Å². The molecule has 6 heteroatoms. The standard InChI is InChI=1S/C49H95NO5/c1-4-7-10-13-16-20-27-37-47(52)54-45-33-24-17-22-31-41-50(43-34-44-51)42-32-23-21-28-38-49(39-29-30-40-49)48(53)55-46(35-25-18-14-11-8-5-2)36-26-19-15-12-9-6-3/h46,51H,4-45H2,1-3H3. The Labute approximate surface area is 342 Å². The van der Waals surface area contributed by atoms with Gasteiger partial charge in [-0.3, -0.25) is 9.59 Å². The maximum absolute atomic E-state index is 13.9. The molecule has 1 N–H and O–H groups in total. The van der Waals surface area contributed by atoms with E-state index in [1.807, 2.05) is 0 Å². The third kappa shape index (κ3) is 29.7. The predicted molar refractivity (Wildman–Crippen MR) is 235 cm³/mol. The summed E-state index contributed by atoms with van der Waals surface area (Å²) in [7, 11) is 0. The second-order valence-electron chi connectivity index (χ2n) is 17.6. The number of nitrogens with zero attached hydrogens (tertiary/aromatic N) is 1. The van der Waals surface area contributed by atoms with Crippen molar-refractivity contribution in [2.24, 2.45) is 5.41 Å². The van der Waals surface area contributed by atoms with E-state index < -0.39 is 0 Å². The van der Waals surface area contributed by atoms with Crippen LogP contribution in [-0.4, -0.2) is 60.9 Å². The quantitative estimate of drug-likeness (QED) is 0.0491. The molecule has 0 aromatic rings. The molecule has 1 saturated carbocycles. The average molecular weight is 778 g/mol. The maximum atomic E-state index is 13.9. The molecule has 1 aliphatic carbocycles. The molecular weight excluding hydrogens is 683 g/mol. The predicted octanol–water partition coefficient (Wildman–Crippen LogP) is 14.2. The Kier molecular flexibility index (Phi) is 36.2. The molecule has 0 unspecified atom stereocenters. The van der Waals surface area contributed by atoms with E-state index in [1.165, 1.54) is 161 Å². The molecule has 1 aliphatic rings. The summed E-state index contributed by atoms with van der Waals surface area (Å²) in [6, 6.07) is 0. The Morgan fingerprint density at radius 2 is 0.982 bits per heavy atom. The first kappa shape index (κ1) is 51.9. The van der Waals surface area contributed by atoms with E-state index in [-0.39, 0.29) is 30.1 Å².